The summed E-state index contributed by atoms with van der Waals surface area (Å²) in [6.07, 6.45) is 1.81. The molecule has 1 heterocycles. The molecule has 1 aromatic heterocycles. The molecule has 0 atom stereocenters. The number of hydrogen-bond acceptors (Lipinski definition) is 5. The maximum absolute atomic E-state index is 12.6. The van der Waals surface area contributed by atoms with Crippen molar-refractivity contribution in [3.05, 3.63) is 58.4 Å². The minimum Gasteiger partial charge on any atom is -0.466 e. The van der Waals surface area contributed by atoms with Crippen LogP contribution in [0.2, 0.25) is 0 Å². The van der Waals surface area contributed by atoms with Gasteiger partial charge < -0.3 is 14.5 Å². The third-order valence-electron chi connectivity index (χ3n) is 4.47. The van der Waals surface area contributed by atoms with Crippen LogP contribution in [0.5, 0.6) is 0 Å². The number of carbonyl (C=O) groups excluding carboxylic acids is 3. The maximum atomic E-state index is 12.6. The molecule has 0 unspecified atom stereocenters. The van der Waals surface area contributed by atoms with E-state index in [-0.39, 0.29) is 18.4 Å². The average molecular weight is 385 g/mol. The summed E-state index contributed by atoms with van der Waals surface area (Å²) in [6.45, 7) is 5.82. The van der Waals surface area contributed by atoms with Crippen LogP contribution >= 0.6 is 0 Å². The van der Waals surface area contributed by atoms with Crippen LogP contribution in [0, 0.1) is 13.8 Å². The third kappa shape index (κ3) is 5.81. The Labute approximate surface area is 165 Å². The first-order valence-corrected chi connectivity index (χ1v) is 9.53. The summed E-state index contributed by atoms with van der Waals surface area (Å²) in [4.78, 5) is 39.3. The van der Waals surface area contributed by atoms with E-state index in [4.69, 9.17) is 9.47 Å². The van der Waals surface area contributed by atoms with E-state index in [1.54, 1.807) is 20.8 Å². The zero-order valence-electron chi connectivity index (χ0n) is 16.7. The Morgan fingerprint density at radius 1 is 0.964 bits per heavy atom. The number of H-pyrrole nitrogens is 1. The molecule has 1 aromatic carbocycles. The number of ketones is 1. The van der Waals surface area contributed by atoms with Gasteiger partial charge in [-0.15, -0.1) is 0 Å². The summed E-state index contributed by atoms with van der Waals surface area (Å²) >= 11 is 0. The van der Waals surface area contributed by atoms with Gasteiger partial charge in [-0.2, -0.15) is 0 Å². The van der Waals surface area contributed by atoms with Gasteiger partial charge in [0.2, 0.25) is 0 Å². The normalized spacial score (nSPS) is 10.5. The molecule has 0 aliphatic heterocycles. The van der Waals surface area contributed by atoms with E-state index in [2.05, 4.69) is 4.98 Å². The lowest BCUT2D eigenvalue weighted by molar-refractivity contribution is -0.143. The first kappa shape index (κ1) is 21.4. The topological polar surface area (TPSA) is 85.5 Å². The fraction of sp³-hybridized carbons (Fsp3) is 0.409. The van der Waals surface area contributed by atoms with Crippen LogP contribution in [-0.2, 0) is 20.9 Å². The van der Waals surface area contributed by atoms with E-state index in [9.17, 15) is 14.4 Å². The Hall–Kier alpha value is -2.89. The van der Waals surface area contributed by atoms with Gasteiger partial charge in [0.05, 0.1) is 6.61 Å². The Kier molecular flexibility index (Phi) is 7.99. The zero-order valence-corrected chi connectivity index (χ0v) is 16.7. The van der Waals surface area contributed by atoms with E-state index in [0.717, 1.165) is 5.56 Å². The molecule has 0 bridgehead atoms. The molecule has 2 aromatic rings. The van der Waals surface area contributed by atoms with Gasteiger partial charge in [-0.05, 0) is 44.7 Å². The molecule has 28 heavy (non-hydrogen) atoms. The lowest BCUT2D eigenvalue weighted by Gasteiger charge is -2.05. The highest BCUT2D eigenvalue weighted by Crippen LogP contribution is 2.22. The molecule has 0 saturated carbocycles. The second kappa shape index (κ2) is 10.4. The van der Waals surface area contributed by atoms with Crippen LogP contribution in [0.15, 0.2) is 30.3 Å². The number of Topliss-reactive ketones (excluding diaryl/α,β-unsaturated/α-hetero) is 1. The fourth-order valence-electron chi connectivity index (χ4n) is 3.08. The number of carbonyl (C=O) groups is 3. The van der Waals surface area contributed by atoms with Crippen LogP contribution < -0.4 is 0 Å². The molecular formula is C22H27NO5. The van der Waals surface area contributed by atoms with Gasteiger partial charge in [0.25, 0.3) is 0 Å². The minimum atomic E-state index is -0.481. The van der Waals surface area contributed by atoms with Crippen molar-refractivity contribution in [1.29, 1.82) is 0 Å². The molecule has 1 N–H and O–H groups in total. The second-order valence-electron chi connectivity index (χ2n) is 6.62. The molecular weight excluding hydrogens is 358 g/mol. The third-order valence-corrected chi connectivity index (χ3v) is 4.47. The number of unbranched alkanes of at least 4 members (excludes halogenated alkanes) is 1. The van der Waals surface area contributed by atoms with E-state index < -0.39 is 5.97 Å². The molecule has 6 nitrogen and oxygen atoms in total. The van der Waals surface area contributed by atoms with Gasteiger partial charge in [-0.25, -0.2) is 4.79 Å². The number of aromatic nitrogens is 1. The predicted octanol–water partition coefficient (Wildman–Crippen LogP) is 4.29. The van der Waals surface area contributed by atoms with Crippen molar-refractivity contribution in [1.82, 2.24) is 4.98 Å². The number of esters is 2. The highest BCUT2D eigenvalue weighted by Gasteiger charge is 2.22. The zero-order chi connectivity index (χ0) is 20.5. The van der Waals surface area contributed by atoms with Crippen molar-refractivity contribution in [2.75, 3.05) is 6.61 Å². The van der Waals surface area contributed by atoms with Gasteiger partial charge in [-0.1, -0.05) is 30.3 Å². The van der Waals surface area contributed by atoms with E-state index in [0.29, 0.717) is 54.8 Å². The number of nitrogens with one attached hydrogen (secondary N) is 1. The average Bonchev–Trinajstić information content (AvgIpc) is 2.98. The fourth-order valence-corrected chi connectivity index (χ4v) is 3.08. The van der Waals surface area contributed by atoms with E-state index in [1.807, 2.05) is 30.3 Å². The van der Waals surface area contributed by atoms with Crippen molar-refractivity contribution in [3.8, 4) is 0 Å². The number of ether oxygens (including phenoxy) is 2. The van der Waals surface area contributed by atoms with Gasteiger partial charge in [0.15, 0.2) is 5.78 Å². The molecule has 0 fully saturated rings. The standard InChI is InChI=1S/C22H27NO5/c1-4-27-19(25)13-9-8-12-18(24)20-15(2)21(23-16(20)3)22(26)28-14-17-10-6-5-7-11-17/h5-7,10-11,23H,4,8-9,12-14H2,1-3H3. The molecule has 0 spiro atoms. The van der Waals surface area contributed by atoms with E-state index >= 15 is 0 Å². The molecule has 2 rings (SSSR count). The summed E-state index contributed by atoms with van der Waals surface area (Å²) in [5.41, 5.74) is 2.99. The predicted molar refractivity (Wildman–Crippen MR) is 105 cm³/mol. The lowest BCUT2D eigenvalue weighted by Crippen LogP contribution is -2.08. The highest BCUT2D eigenvalue weighted by molar-refractivity contribution is 6.02. The summed E-state index contributed by atoms with van der Waals surface area (Å²) in [5, 5.41) is 0. The van der Waals surface area contributed by atoms with Gasteiger partial charge in [0.1, 0.15) is 12.3 Å². The van der Waals surface area contributed by atoms with Crippen molar-refractivity contribution in [3.63, 3.8) is 0 Å². The Bertz CT molecular complexity index is 823. The largest absolute Gasteiger partial charge is 0.466 e. The monoisotopic (exact) mass is 385 g/mol. The first-order chi connectivity index (χ1) is 13.4. The van der Waals surface area contributed by atoms with Gasteiger partial charge in [-0.3, -0.25) is 9.59 Å². The number of benzene rings is 1. The molecule has 0 amide bonds. The van der Waals surface area contributed by atoms with Crippen LogP contribution in [0.4, 0.5) is 0 Å². The summed E-state index contributed by atoms with van der Waals surface area (Å²) in [7, 11) is 0. The van der Waals surface area contributed by atoms with Crippen molar-refractivity contribution in [2.24, 2.45) is 0 Å². The van der Waals surface area contributed by atoms with E-state index in [1.165, 1.54) is 0 Å². The van der Waals surface area contributed by atoms with Crippen LogP contribution in [0.25, 0.3) is 0 Å². The quantitative estimate of drug-likeness (QED) is 0.374. The second-order valence-corrected chi connectivity index (χ2v) is 6.62. The minimum absolute atomic E-state index is 0.0442. The lowest BCUT2D eigenvalue weighted by atomic mass is 10.0. The summed E-state index contributed by atoms with van der Waals surface area (Å²) in [5.74, 6) is -0.768. The van der Waals surface area contributed by atoms with Gasteiger partial charge in [0, 0.05) is 24.1 Å². The van der Waals surface area contributed by atoms with Crippen LogP contribution in [0.3, 0.4) is 0 Å². The van der Waals surface area contributed by atoms with Gasteiger partial charge >= 0.3 is 11.9 Å². The Balaban J connectivity index is 1.93. The summed E-state index contributed by atoms with van der Waals surface area (Å²) in [6, 6.07) is 9.42. The number of rotatable bonds is 10. The molecule has 6 heteroatoms. The first-order valence-electron chi connectivity index (χ1n) is 9.53. The van der Waals surface area contributed by atoms with Crippen molar-refractivity contribution in [2.45, 2.75) is 53.1 Å². The van der Waals surface area contributed by atoms with Crippen LogP contribution in [0.1, 0.15) is 70.3 Å². The maximum Gasteiger partial charge on any atom is 0.355 e. The number of aromatic amines is 1. The Morgan fingerprint density at radius 2 is 1.64 bits per heavy atom. The SMILES string of the molecule is CCOC(=O)CCCCC(=O)c1c(C)[nH]c(C(=O)OCc2ccccc2)c1C. The smallest absolute Gasteiger partial charge is 0.355 e. The van der Waals surface area contributed by atoms with Crippen molar-refractivity contribution >= 4 is 17.7 Å². The molecule has 0 saturated heterocycles. The molecule has 0 aliphatic rings. The van der Waals surface area contributed by atoms with Crippen molar-refractivity contribution < 1.29 is 23.9 Å². The number of aryl methyl sites for hydroxylation is 1. The molecule has 150 valence electrons. The molecule has 0 aliphatic carbocycles. The van der Waals surface area contributed by atoms with Crippen LogP contribution in [-0.4, -0.2) is 29.3 Å². The number of hydrogen-bond donors (Lipinski definition) is 1. The Morgan fingerprint density at radius 3 is 2.32 bits per heavy atom. The molecule has 0 radical (unpaired) electrons. The summed E-state index contributed by atoms with van der Waals surface area (Å²) < 4.78 is 10.2. The highest BCUT2D eigenvalue weighted by atomic mass is 16.5.